The van der Waals surface area contributed by atoms with Crippen LogP contribution >= 0.6 is 0 Å². The number of alkyl halides is 2. The number of nitrogens with one attached hydrogen (secondary N) is 1. The van der Waals surface area contributed by atoms with E-state index >= 15 is 0 Å². The van der Waals surface area contributed by atoms with Crippen molar-refractivity contribution in [2.24, 2.45) is 5.92 Å². The van der Waals surface area contributed by atoms with E-state index in [1.165, 1.54) is 4.68 Å². The van der Waals surface area contributed by atoms with Crippen LogP contribution in [0.15, 0.2) is 12.4 Å². The van der Waals surface area contributed by atoms with Crippen LogP contribution < -0.4 is 5.32 Å². The number of hydrogen-bond donors (Lipinski definition) is 1. The smallest absolute Gasteiger partial charge is 0.257 e. The molecule has 0 saturated carbocycles. The molecule has 1 N–H and O–H groups in total. The van der Waals surface area contributed by atoms with Gasteiger partial charge in [0.15, 0.2) is 0 Å². The molecule has 1 rings (SSSR count). The van der Waals surface area contributed by atoms with Gasteiger partial charge in [-0.25, -0.2) is 8.78 Å². The maximum atomic E-state index is 12.1. The summed E-state index contributed by atoms with van der Waals surface area (Å²) in [5.74, 6) is 0.503. The van der Waals surface area contributed by atoms with Crippen molar-refractivity contribution in [1.82, 2.24) is 9.78 Å². The highest BCUT2D eigenvalue weighted by Gasteiger charge is 2.12. The fourth-order valence-electron chi connectivity index (χ4n) is 1.63. The molecule has 0 amide bonds. The molecule has 0 aliphatic carbocycles. The predicted molar refractivity (Wildman–Crippen MR) is 60.8 cm³/mol. The molecular formula is C11H19F2N3. The Labute approximate surface area is 94.8 Å². The van der Waals surface area contributed by atoms with E-state index in [4.69, 9.17) is 0 Å². The van der Waals surface area contributed by atoms with Gasteiger partial charge in [-0.1, -0.05) is 20.8 Å². The zero-order chi connectivity index (χ0) is 12.1. The molecular weight excluding hydrogens is 212 g/mol. The van der Waals surface area contributed by atoms with Crippen LogP contribution in [-0.2, 0) is 6.54 Å². The Morgan fingerprint density at radius 2 is 2.12 bits per heavy atom. The summed E-state index contributed by atoms with van der Waals surface area (Å²) in [4.78, 5) is 0. The standard InChI is InChI=1S/C11H19F2N3/c1-4-10(8(2)3)15-9-5-14-16(6-9)7-11(12)13/h5-6,8,10-11,15H,4,7H2,1-3H3. The van der Waals surface area contributed by atoms with E-state index in [0.29, 0.717) is 12.0 Å². The largest absolute Gasteiger partial charge is 0.380 e. The molecule has 0 radical (unpaired) electrons. The average Bonchev–Trinajstić information content (AvgIpc) is 2.60. The fourth-order valence-corrected chi connectivity index (χ4v) is 1.63. The van der Waals surface area contributed by atoms with Crippen LogP contribution in [-0.4, -0.2) is 22.2 Å². The molecule has 3 nitrogen and oxygen atoms in total. The van der Waals surface area contributed by atoms with Crippen molar-refractivity contribution in [3.05, 3.63) is 12.4 Å². The van der Waals surface area contributed by atoms with Gasteiger partial charge in [-0.15, -0.1) is 0 Å². The number of halogens is 2. The molecule has 0 fully saturated rings. The van der Waals surface area contributed by atoms with Gasteiger partial charge in [0.1, 0.15) is 6.54 Å². The van der Waals surface area contributed by atoms with Crippen molar-refractivity contribution in [2.45, 2.75) is 46.2 Å². The maximum absolute atomic E-state index is 12.1. The molecule has 16 heavy (non-hydrogen) atoms. The zero-order valence-corrected chi connectivity index (χ0v) is 9.95. The Bertz CT molecular complexity index is 310. The van der Waals surface area contributed by atoms with Crippen molar-refractivity contribution in [1.29, 1.82) is 0 Å². The Morgan fingerprint density at radius 1 is 1.44 bits per heavy atom. The molecule has 5 heteroatoms. The third kappa shape index (κ3) is 3.79. The highest BCUT2D eigenvalue weighted by molar-refractivity contribution is 5.39. The van der Waals surface area contributed by atoms with Crippen molar-refractivity contribution >= 4 is 5.69 Å². The minimum absolute atomic E-state index is 0.347. The Hall–Kier alpha value is -1.13. The second-order valence-corrected chi connectivity index (χ2v) is 4.25. The van der Waals surface area contributed by atoms with Gasteiger partial charge >= 0.3 is 0 Å². The summed E-state index contributed by atoms with van der Waals surface area (Å²) in [5.41, 5.74) is 0.807. The van der Waals surface area contributed by atoms with Crippen LogP contribution in [0.2, 0.25) is 0 Å². The Kier molecular flexibility index (Phi) is 4.71. The van der Waals surface area contributed by atoms with Gasteiger partial charge < -0.3 is 5.32 Å². The van der Waals surface area contributed by atoms with Gasteiger partial charge in [0.25, 0.3) is 6.43 Å². The lowest BCUT2D eigenvalue weighted by Crippen LogP contribution is -2.24. The number of hydrogen-bond acceptors (Lipinski definition) is 2. The van der Waals surface area contributed by atoms with Gasteiger partial charge in [0.2, 0.25) is 0 Å². The number of aromatic nitrogens is 2. The molecule has 0 bridgehead atoms. The van der Waals surface area contributed by atoms with Crippen LogP contribution in [0.3, 0.4) is 0 Å². The first kappa shape index (κ1) is 12.9. The second-order valence-electron chi connectivity index (χ2n) is 4.25. The van der Waals surface area contributed by atoms with Gasteiger partial charge in [-0.05, 0) is 12.3 Å². The summed E-state index contributed by atoms with van der Waals surface area (Å²) >= 11 is 0. The van der Waals surface area contributed by atoms with E-state index in [-0.39, 0.29) is 6.54 Å². The second kappa shape index (κ2) is 5.82. The highest BCUT2D eigenvalue weighted by Crippen LogP contribution is 2.14. The molecule has 0 saturated heterocycles. The molecule has 1 atom stereocenters. The molecule has 92 valence electrons. The monoisotopic (exact) mass is 231 g/mol. The summed E-state index contributed by atoms with van der Waals surface area (Å²) < 4.78 is 25.5. The molecule has 1 unspecified atom stereocenters. The molecule has 1 heterocycles. The molecule has 0 aliphatic heterocycles. The van der Waals surface area contributed by atoms with Crippen molar-refractivity contribution < 1.29 is 8.78 Å². The van der Waals surface area contributed by atoms with Crippen molar-refractivity contribution in [3.63, 3.8) is 0 Å². The normalized spacial score (nSPS) is 13.4. The summed E-state index contributed by atoms with van der Waals surface area (Å²) in [5, 5.41) is 7.17. The van der Waals surface area contributed by atoms with E-state index in [0.717, 1.165) is 12.1 Å². The average molecular weight is 231 g/mol. The molecule has 0 aliphatic rings. The van der Waals surface area contributed by atoms with Crippen molar-refractivity contribution in [3.8, 4) is 0 Å². The number of rotatable bonds is 6. The lowest BCUT2D eigenvalue weighted by Gasteiger charge is -2.20. The maximum Gasteiger partial charge on any atom is 0.257 e. The quantitative estimate of drug-likeness (QED) is 0.815. The summed E-state index contributed by atoms with van der Waals surface area (Å²) in [6.45, 7) is 6.01. The molecule has 1 aromatic heterocycles. The van der Waals surface area contributed by atoms with Gasteiger partial charge in [-0.3, -0.25) is 4.68 Å². The minimum atomic E-state index is -2.36. The zero-order valence-electron chi connectivity index (χ0n) is 9.95. The third-order valence-corrected chi connectivity index (χ3v) is 2.55. The summed E-state index contributed by atoms with van der Waals surface area (Å²) in [7, 11) is 0. The van der Waals surface area contributed by atoms with Crippen LogP contribution in [0.25, 0.3) is 0 Å². The first-order valence-electron chi connectivity index (χ1n) is 5.60. The van der Waals surface area contributed by atoms with Crippen LogP contribution in [0, 0.1) is 5.92 Å². The van der Waals surface area contributed by atoms with E-state index in [9.17, 15) is 8.78 Å². The Morgan fingerprint density at radius 3 is 2.62 bits per heavy atom. The third-order valence-electron chi connectivity index (χ3n) is 2.55. The van der Waals surface area contributed by atoms with Gasteiger partial charge in [0.05, 0.1) is 11.9 Å². The van der Waals surface area contributed by atoms with Crippen LogP contribution in [0.1, 0.15) is 27.2 Å². The molecule has 1 aromatic rings. The minimum Gasteiger partial charge on any atom is -0.380 e. The topological polar surface area (TPSA) is 29.9 Å². The lowest BCUT2D eigenvalue weighted by molar-refractivity contribution is 0.122. The van der Waals surface area contributed by atoms with Crippen molar-refractivity contribution in [2.75, 3.05) is 5.32 Å². The predicted octanol–water partition coefficient (Wildman–Crippen LogP) is 2.99. The van der Waals surface area contributed by atoms with E-state index in [2.05, 4.69) is 31.2 Å². The number of nitrogens with zero attached hydrogens (tertiary/aromatic N) is 2. The van der Waals surface area contributed by atoms with Crippen LogP contribution in [0.4, 0.5) is 14.5 Å². The Balaban J connectivity index is 2.57. The highest BCUT2D eigenvalue weighted by atomic mass is 19.3. The molecule has 0 spiro atoms. The lowest BCUT2D eigenvalue weighted by atomic mass is 10.0. The van der Waals surface area contributed by atoms with Gasteiger partial charge in [0, 0.05) is 12.2 Å². The van der Waals surface area contributed by atoms with E-state index in [1.54, 1.807) is 12.4 Å². The van der Waals surface area contributed by atoms with Gasteiger partial charge in [-0.2, -0.15) is 5.10 Å². The summed E-state index contributed by atoms with van der Waals surface area (Å²) in [6, 6.07) is 0.351. The first-order chi connectivity index (χ1) is 7.52. The number of anilines is 1. The van der Waals surface area contributed by atoms with E-state index < -0.39 is 6.43 Å². The SMILES string of the molecule is CCC(Nc1cnn(CC(F)F)c1)C(C)C. The first-order valence-corrected chi connectivity index (χ1v) is 5.60. The fraction of sp³-hybridized carbons (Fsp3) is 0.727. The van der Waals surface area contributed by atoms with Crippen LogP contribution in [0.5, 0.6) is 0 Å². The van der Waals surface area contributed by atoms with E-state index in [1.807, 2.05) is 0 Å². The summed E-state index contributed by atoms with van der Waals surface area (Å²) in [6.07, 6.45) is 1.85. The molecule has 0 aromatic carbocycles.